The Hall–Kier alpha value is -1.46. The van der Waals surface area contributed by atoms with Crippen LogP contribution in [0, 0.1) is 11.3 Å². The number of sulfonamides is 1. The summed E-state index contributed by atoms with van der Waals surface area (Å²) >= 11 is 0. The zero-order valence-electron chi connectivity index (χ0n) is 10.4. The number of rotatable bonds is 7. The topological polar surface area (TPSA) is 102 Å². The first kappa shape index (κ1) is 15.6. The van der Waals surface area contributed by atoms with Gasteiger partial charge in [0.25, 0.3) is 0 Å². The van der Waals surface area contributed by atoms with Gasteiger partial charge in [0.1, 0.15) is 0 Å². The quantitative estimate of drug-likeness (QED) is 0.714. The summed E-state index contributed by atoms with van der Waals surface area (Å²) in [5.74, 6) is -0.261. The van der Waals surface area contributed by atoms with Crippen molar-refractivity contribution in [3.05, 3.63) is 35.4 Å². The zero-order valence-corrected chi connectivity index (χ0v) is 11.2. The lowest BCUT2D eigenvalue weighted by molar-refractivity contribution is 0.217. The Labute approximate surface area is 112 Å². The van der Waals surface area contributed by atoms with Crippen LogP contribution in [0.15, 0.2) is 24.3 Å². The van der Waals surface area contributed by atoms with Crippen LogP contribution in [0.1, 0.15) is 11.1 Å². The van der Waals surface area contributed by atoms with Gasteiger partial charge in [0.2, 0.25) is 10.0 Å². The SMILES string of the molecule is N#Cc1cccc(CS(=O)(=O)N(CCO)CCO)c1. The van der Waals surface area contributed by atoms with E-state index in [1.807, 2.05) is 6.07 Å². The fourth-order valence-electron chi connectivity index (χ4n) is 1.65. The summed E-state index contributed by atoms with van der Waals surface area (Å²) in [5.41, 5.74) is 0.892. The Morgan fingerprint density at radius 2 is 1.84 bits per heavy atom. The van der Waals surface area contributed by atoms with Crippen molar-refractivity contribution >= 4 is 10.0 Å². The maximum absolute atomic E-state index is 12.1. The van der Waals surface area contributed by atoms with Crippen molar-refractivity contribution in [3.8, 4) is 6.07 Å². The molecule has 1 rings (SSSR count). The molecule has 0 aromatic heterocycles. The molecule has 0 fully saturated rings. The standard InChI is InChI=1S/C12H16N2O4S/c13-9-11-2-1-3-12(8-11)10-19(17,18)14(4-6-15)5-7-16/h1-3,8,15-16H,4-7,10H2. The van der Waals surface area contributed by atoms with E-state index in [1.165, 1.54) is 6.07 Å². The lowest BCUT2D eigenvalue weighted by atomic mass is 10.2. The normalized spacial score (nSPS) is 11.5. The molecule has 0 atom stereocenters. The number of hydrogen-bond donors (Lipinski definition) is 2. The molecule has 0 bridgehead atoms. The first-order valence-corrected chi connectivity index (χ1v) is 7.33. The van der Waals surface area contributed by atoms with Crippen molar-refractivity contribution in [3.63, 3.8) is 0 Å². The molecule has 0 heterocycles. The molecule has 0 spiro atoms. The van der Waals surface area contributed by atoms with Crippen molar-refractivity contribution < 1.29 is 18.6 Å². The molecule has 104 valence electrons. The number of nitriles is 1. The average Bonchev–Trinajstić information content (AvgIpc) is 2.38. The number of benzene rings is 1. The molecule has 0 aliphatic rings. The minimum absolute atomic E-state index is 0.0547. The molecule has 1 aromatic rings. The van der Waals surface area contributed by atoms with E-state index in [0.29, 0.717) is 11.1 Å². The van der Waals surface area contributed by atoms with Gasteiger partial charge in [0.05, 0.1) is 30.6 Å². The molecule has 0 saturated heterocycles. The van der Waals surface area contributed by atoms with Crippen LogP contribution in [0.2, 0.25) is 0 Å². The molecule has 6 nitrogen and oxygen atoms in total. The van der Waals surface area contributed by atoms with Crippen molar-refractivity contribution in [1.82, 2.24) is 4.31 Å². The van der Waals surface area contributed by atoms with E-state index in [1.54, 1.807) is 18.2 Å². The zero-order chi connectivity index (χ0) is 14.3. The highest BCUT2D eigenvalue weighted by atomic mass is 32.2. The summed E-state index contributed by atoms with van der Waals surface area (Å²) in [6, 6.07) is 8.28. The molecule has 0 aliphatic heterocycles. The minimum Gasteiger partial charge on any atom is -0.395 e. The maximum Gasteiger partial charge on any atom is 0.218 e. The van der Waals surface area contributed by atoms with Crippen LogP contribution in [-0.2, 0) is 15.8 Å². The van der Waals surface area contributed by atoms with Gasteiger partial charge in [-0.25, -0.2) is 8.42 Å². The van der Waals surface area contributed by atoms with Gasteiger partial charge in [0.15, 0.2) is 0 Å². The Morgan fingerprint density at radius 3 is 2.37 bits per heavy atom. The number of aliphatic hydroxyl groups is 2. The van der Waals surface area contributed by atoms with E-state index in [9.17, 15) is 8.42 Å². The van der Waals surface area contributed by atoms with Gasteiger partial charge in [-0.15, -0.1) is 0 Å². The highest BCUT2D eigenvalue weighted by Crippen LogP contribution is 2.12. The van der Waals surface area contributed by atoms with Crippen LogP contribution in [0.25, 0.3) is 0 Å². The van der Waals surface area contributed by atoms with Crippen molar-refractivity contribution in [2.45, 2.75) is 5.75 Å². The van der Waals surface area contributed by atoms with Crippen LogP contribution < -0.4 is 0 Å². The highest BCUT2D eigenvalue weighted by Gasteiger charge is 2.21. The molecule has 0 unspecified atom stereocenters. The van der Waals surface area contributed by atoms with Gasteiger partial charge >= 0.3 is 0 Å². The third-order valence-electron chi connectivity index (χ3n) is 2.50. The molecular formula is C12H16N2O4S. The predicted octanol–water partition coefficient (Wildman–Crippen LogP) is -0.325. The molecule has 7 heteroatoms. The summed E-state index contributed by atoms with van der Waals surface area (Å²) in [6.45, 7) is -0.726. The van der Waals surface area contributed by atoms with E-state index in [2.05, 4.69) is 0 Å². The number of hydrogen-bond acceptors (Lipinski definition) is 5. The molecule has 0 amide bonds. The van der Waals surface area contributed by atoms with Crippen molar-refractivity contribution in [1.29, 1.82) is 5.26 Å². The van der Waals surface area contributed by atoms with E-state index in [0.717, 1.165) is 4.31 Å². The number of nitrogens with zero attached hydrogens (tertiary/aromatic N) is 2. The average molecular weight is 284 g/mol. The third-order valence-corrected chi connectivity index (χ3v) is 4.35. The first-order valence-electron chi connectivity index (χ1n) is 5.72. The fraction of sp³-hybridized carbons (Fsp3) is 0.417. The molecule has 0 saturated carbocycles. The minimum atomic E-state index is -3.62. The maximum atomic E-state index is 12.1. The van der Waals surface area contributed by atoms with Crippen LogP contribution in [0.5, 0.6) is 0 Å². The van der Waals surface area contributed by atoms with Gasteiger partial charge < -0.3 is 10.2 Å². The van der Waals surface area contributed by atoms with Gasteiger partial charge in [-0.1, -0.05) is 12.1 Å². The van der Waals surface area contributed by atoms with Crippen LogP contribution in [0.4, 0.5) is 0 Å². The van der Waals surface area contributed by atoms with Gasteiger partial charge in [-0.05, 0) is 17.7 Å². The Kier molecular flexibility index (Phi) is 5.92. The van der Waals surface area contributed by atoms with Crippen molar-refractivity contribution in [2.24, 2.45) is 0 Å². The van der Waals surface area contributed by atoms with Gasteiger partial charge in [-0.3, -0.25) is 0 Å². The second kappa shape index (κ2) is 7.21. The predicted molar refractivity (Wildman–Crippen MR) is 69.5 cm³/mol. The Morgan fingerprint density at radius 1 is 1.21 bits per heavy atom. The summed E-state index contributed by atoms with van der Waals surface area (Å²) < 4.78 is 25.2. The summed E-state index contributed by atoms with van der Waals surface area (Å²) in [6.07, 6.45) is 0. The second-order valence-corrected chi connectivity index (χ2v) is 5.88. The second-order valence-electron chi connectivity index (χ2n) is 3.91. The Bertz CT molecular complexity index is 545. The monoisotopic (exact) mass is 284 g/mol. The third kappa shape index (κ3) is 4.61. The largest absolute Gasteiger partial charge is 0.395 e. The molecule has 2 N–H and O–H groups in total. The molecule has 0 radical (unpaired) electrons. The smallest absolute Gasteiger partial charge is 0.218 e. The van der Waals surface area contributed by atoms with Gasteiger partial charge in [0, 0.05) is 13.1 Å². The van der Waals surface area contributed by atoms with Gasteiger partial charge in [-0.2, -0.15) is 9.57 Å². The number of aliphatic hydroxyl groups excluding tert-OH is 2. The van der Waals surface area contributed by atoms with Crippen LogP contribution in [-0.4, -0.2) is 49.2 Å². The summed E-state index contributed by atoms with van der Waals surface area (Å²) in [5, 5.41) is 26.5. The lowest BCUT2D eigenvalue weighted by Crippen LogP contribution is -2.36. The van der Waals surface area contributed by atoms with Crippen molar-refractivity contribution in [2.75, 3.05) is 26.3 Å². The Balaban J connectivity index is 2.90. The van der Waals surface area contributed by atoms with E-state index >= 15 is 0 Å². The summed E-state index contributed by atoms with van der Waals surface area (Å²) in [7, 11) is -3.62. The molecule has 0 aliphatic carbocycles. The summed E-state index contributed by atoms with van der Waals surface area (Å²) in [4.78, 5) is 0. The van der Waals surface area contributed by atoms with Crippen LogP contribution in [0.3, 0.4) is 0 Å². The molecule has 1 aromatic carbocycles. The van der Waals surface area contributed by atoms with E-state index in [4.69, 9.17) is 15.5 Å². The molecular weight excluding hydrogens is 268 g/mol. The molecule has 19 heavy (non-hydrogen) atoms. The lowest BCUT2D eigenvalue weighted by Gasteiger charge is -2.20. The van der Waals surface area contributed by atoms with Crippen LogP contribution >= 0.6 is 0 Å². The highest BCUT2D eigenvalue weighted by molar-refractivity contribution is 7.88. The van der Waals surface area contributed by atoms with E-state index < -0.39 is 10.0 Å². The van der Waals surface area contributed by atoms with E-state index in [-0.39, 0.29) is 32.1 Å². The fourth-order valence-corrected chi connectivity index (χ4v) is 3.15. The first-order chi connectivity index (χ1) is 9.03.